The van der Waals surface area contributed by atoms with Crippen molar-refractivity contribution in [1.82, 2.24) is 0 Å². The first kappa shape index (κ1) is 25.8. The van der Waals surface area contributed by atoms with Crippen molar-refractivity contribution in [1.29, 1.82) is 0 Å². The standard InChI is InChI=1S/C30H42N2/c1-3-5-7-8-9-10-11-12-13-15-20-27-21-18-19-25-30(27)31-26-29(22-6-4-2)32-28-23-16-14-17-24-28/h12-14,16-19,21,23-26H,3-11,15,20,22H2,1-2H3. The first-order valence-electron chi connectivity index (χ1n) is 12.7. The van der Waals surface area contributed by atoms with Crippen LogP contribution in [0.4, 0.5) is 11.4 Å². The number of aliphatic imine (C=N–C) groups is 2. The largest absolute Gasteiger partial charge is 0.255 e. The Morgan fingerprint density at radius 1 is 0.719 bits per heavy atom. The topological polar surface area (TPSA) is 24.7 Å². The summed E-state index contributed by atoms with van der Waals surface area (Å²) in [7, 11) is 0. The Morgan fingerprint density at radius 3 is 2.22 bits per heavy atom. The van der Waals surface area contributed by atoms with Crippen LogP contribution in [0.2, 0.25) is 0 Å². The summed E-state index contributed by atoms with van der Waals surface area (Å²) in [6, 6.07) is 18.7. The fraction of sp³-hybridized carbons (Fsp3) is 0.467. The molecule has 2 nitrogen and oxygen atoms in total. The molecule has 0 saturated heterocycles. The monoisotopic (exact) mass is 430 g/mol. The van der Waals surface area contributed by atoms with Gasteiger partial charge in [-0.3, -0.25) is 9.98 Å². The van der Waals surface area contributed by atoms with Gasteiger partial charge in [0.25, 0.3) is 0 Å². The van der Waals surface area contributed by atoms with Gasteiger partial charge in [-0.25, -0.2) is 0 Å². The van der Waals surface area contributed by atoms with Gasteiger partial charge in [-0.2, -0.15) is 0 Å². The van der Waals surface area contributed by atoms with Gasteiger partial charge in [0.1, 0.15) is 0 Å². The van der Waals surface area contributed by atoms with E-state index in [-0.39, 0.29) is 0 Å². The molecule has 2 aromatic carbocycles. The second kappa shape index (κ2) is 17.1. The van der Waals surface area contributed by atoms with Gasteiger partial charge < -0.3 is 0 Å². The van der Waals surface area contributed by atoms with Crippen LogP contribution in [0.15, 0.2) is 76.7 Å². The van der Waals surface area contributed by atoms with Gasteiger partial charge in [0.05, 0.1) is 17.1 Å². The van der Waals surface area contributed by atoms with E-state index in [1.165, 1.54) is 50.5 Å². The highest BCUT2D eigenvalue weighted by molar-refractivity contribution is 6.31. The number of para-hydroxylation sites is 2. The van der Waals surface area contributed by atoms with E-state index in [1.807, 2.05) is 36.5 Å². The number of benzene rings is 2. The molecule has 0 spiro atoms. The van der Waals surface area contributed by atoms with Crippen LogP contribution < -0.4 is 0 Å². The number of allylic oxidation sites excluding steroid dienone is 2. The molecule has 0 aliphatic heterocycles. The zero-order valence-corrected chi connectivity index (χ0v) is 20.3. The van der Waals surface area contributed by atoms with Crippen LogP contribution >= 0.6 is 0 Å². The maximum absolute atomic E-state index is 4.84. The van der Waals surface area contributed by atoms with Crippen molar-refractivity contribution in [3.63, 3.8) is 0 Å². The molecule has 0 atom stereocenters. The Hall–Kier alpha value is -2.48. The van der Waals surface area contributed by atoms with Crippen molar-refractivity contribution >= 4 is 23.3 Å². The highest BCUT2D eigenvalue weighted by Gasteiger charge is 2.01. The summed E-state index contributed by atoms with van der Waals surface area (Å²) in [5, 5.41) is 0. The fourth-order valence-corrected chi connectivity index (χ4v) is 3.68. The number of unbranched alkanes of at least 4 members (excludes halogenated alkanes) is 7. The van der Waals surface area contributed by atoms with Crippen molar-refractivity contribution in [3.05, 3.63) is 72.3 Å². The van der Waals surface area contributed by atoms with Crippen LogP contribution in [-0.2, 0) is 6.42 Å². The average molecular weight is 431 g/mol. The maximum Gasteiger partial charge on any atom is 0.0662 e. The molecule has 0 amide bonds. The van der Waals surface area contributed by atoms with Gasteiger partial charge in [0, 0.05) is 6.21 Å². The number of hydrogen-bond acceptors (Lipinski definition) is 2. The first-order chi connectivity index (χ1) is 15.8. The molecule has 2 heteroatoms. The molecule has 0 N–H and O–H groups in total. The molecule has 0 aromatic heterocycles. The Labute approximate surface area is 196 Å². The summed E-state index contributed by atoms with van der Waals surface area (Å²) in [6.45, 7) is 4.49. The number of nitrogens with zero attached hydrogens (tertiary/aromatic N) is 2. The van der Waals surface area contributed by atoms with Crippen LogP contribution in [0, 0.1) is 0 Å². The van der Waals surface area contributed by atoms with Gasteiger partial charge in [-0.15, -0.1) is 0 Å². The SMILES string of the molecule is CCCCCCCCC=CCCc1ccccc1N=CC(CCCC)=Nc1ccccc1. The van der Waals surface area contributed by atoms with Gasteiger partial charge in [0.2, 0.25) is 0 Å². The molecule has 2 aromatic rings. The molecular weight excluding hydrogens is 388 g/mol. The van der Waals surface area contributed by atoms with E-state index in [4.69, 9.17) is 9.98 Å². The minimum atomic E-state index is 0.957. The van der Waals surface area contributed by atoms with Gasteiger partial charge >= 0.3 is 0 Å². The third kappa shape index (κ3) is 11.2. The van der Waals surface area contributed by atoms with E-state index >= 15 is 0 Å². The van der Waals surface area contributed by atoms with E-state index in [0.717, 1.165) is 49.2 Å². The van der Waals surface area contributed by atoms with Crippen LogP contribution in [0.3, 0.4) is 0 Å². The Balaban J connectivity index is 1.89. The Kier molecular flexibility index (Phi) is 13.8. The zero-order chi connectivity index (χ0) is 22.7. The van der Waals surface area contributed by atoms with E-state index in [2.05, 4.69) is 50.3 Å². The zero-order valence-electron chi connectivity index (χ0n) is 20.3. The van der Waals surface area contributed by atoms with Crippen LogP contribution in [0.25, 0.3) is 0 Å². The van der Waals surface area contributed by atoms with Crippen LogP contribution in [0.1, 0.15) is 90.0 Å². The summed E-state index contributed by atoms with van der Waals surface area (Å²) in [5.74, 6) is 0. The van der Waals surface area contributed by atoms with E-state index in [1.54, 1.807) is 0 Å². The molecule has 0 aliphatic rings. The number of aryl methyl sites for hydroxylation is 1. The predicted octanol–water partition coefficient (Wildman–Crippen LogP) is 9.59. The van der Waals surface area contributed by atoms with E-state index < -0.39 is 0 Å². The summed E-state index contributed by atoms with van der Waals surface area (Å²) in [4.78, 5) is 9.66. The quantitative estimate of drug-likeness (QED) is 0.144. The molecule has 0 heterocycles. The second-order valence-electron chi connectivity index (χ2n) is 8.50. The minimum absolute atomic E-state index is 0.957. The third-order valence-electron chi connectivity index (χ3n) is 5.63. The molecule has 0 unspecified atom stereocenters. The molecular formula is C30H42N2. The van der Waals surface area contributed by atoms with Crippen molar-refractivity contribution in [2.75, 3.05) is 0 Å². The van der Waals surface area contributed by atoms with Crippen LogP contribution in [-0.4, -0.2) is 11.9 Å². The second-order valence-corrected chi connectivity index (χ2v) is 8.50. The average Bonchev–Trinajstić information content (AvgIpc) is 2.83. The Bertz CT molecular complexity index is 818. The number of hydrogen-bond donors (Lipinski definition) is 0. The summed E-state index contributed by atoms with van der Waals surface area (Å²) < 4.78 is 0. The highest BCUT2D eigenvalue weighted by Crippen LogP contribution is 2.21. The van der Waals surface area contributed by atoms with Crippen molar-refractivity contribution < 1.29 is 0 Å². The molecule has 2 rings (SSSR count). The van der Waals surface area contributed by atoms with Gasteiger partial charge in [-0.1, -0.05) is 101 Å². The molecule has 0 radical (unpaired) electrons. The smallest absolute Gasteiger partial charge is 0.0662 e. The maximum atomic E-state index is 4.84. The normalized spacial score (nSPS) is 12.2. The lowest BCUT2D eigenvalue weighted by atomic mass is 10.1. The van der Waals surface area contributed by atoms with Crippen LogP contribution in [0.5, 0.6) is 0 Å². The molecule has 0 fully saturated rings. The number of rotatable bonds is 16. The lowest BCUT2D eigenvalue weighted by Gasteiger charge is -2.05. The molecule has 0 saturated carbocycles. The lowest BCUT2D eigenvalue weighted by molar-refractivity contribution is 0.611. The predicted molar refractivity (Wildman–Crippen MR) is 143 cm³/mol. The molecule has 0 aliphatic carbocycles. The lowest BCUT2D eigenvalue weighted by Crippen LogP contribution is -1.99. The van der Waals surface area contributed by atoms with Gasteiger partial charge in [-0.05, 0) is 62.3 Å². The van der Waals surface area contributed by atoms with Crippen molar-refractivity contribution in [3.8, 4) is 0 Å². The molecule has 172 valence electrons. The van der Waals surface area contributed by atoms with E-state index in [0.29, 0.717) is 0 Å². The van der Waals surface area contributed by atoms with Crippen molar-refractivity contribution in [2.45, 2.75) is 90.9 Å². The van der Waals surface area contributed by atoms with Gasteiger partial charge in [0.15, 0.2) is 0 Å². The summed E-state index contributed by atoms with van der Waals surface area (Å²) in [6.07, 6.45) is 21.4. The minimum Gasteiger partial charge on any atom is -0.255 e. The fourth-order valence-electron chi connectivity index (χ4n) is 3.68. The van der Waals surface area contributed by atoms with E-state index in [9.17, 15) is 0 Å². The molecule has 32 heavy (non-hydrogen) atoms. The Morgan fingerprint density at radius 2 is 1.41 bits per heavy atom. The van der Waals surface area contributed by atoms with Crippen molar-refractivity contribution in [2.24, 2.45) is 9.98 Å². The summed E-state index contributed by atoms with van der Waals surface area (Å²) in [5.41, 5.74) is 4.41. The summed E-state index contributed by atoms with van der Waals surface area (Å²) >= 11 is 0. The first-order valence-corrected chi connectivity index (χ1v) is 12.7. The molecule has 0 bridgehead atoms. The highest BCUT2D eigenvalue weighted by atomic mass is 14.8. The third-order valence-corrected chi connectivity index (χ3v) is 5.63.